The Hall–Kier alpha value is -2.07. The zero-order valence-corrected chi connectivity index (χ0v) is 14.5. The standard InChI is InChI=1S/C18H22ClN3O/c1-4-5-13-22-18(19)16(14(2)20-22)11-12-17(23)21(3)15-9-7-6-8-10-15/h6-12H,4-5,13H2,1-3H3/b12-11+. The topological polar surface area (TPSA) is 38.1 Å². The average molecular weight is 332 g/mol. The van der Waals surface area contributed by atoms with Crippen molar-refractivity contribution in [3.05, 3.63) is 52.8 Å². The van der Waals surface area contributed by atoms with Gasteiger partial charge in [0.1, 0.15) is 5.15 Å². The number of carbonyl (C=O) groups excluding carboxylic acids is 1. The molecule has 1 amide bonds. The number of anilines is 1. The molecule has 4 nitrogen and oxygen atoms in total. The van der Waals surface area contributed by atoms with E-state index in [0.29, 0.717) is 5.15 Å². The van der Waals surface area contributed by atoms with Gasteiger partial charge in [-0.25, -0.2) is 0 Å². The first-order chi connectivity index (χ1) is 11.0. The molecule has 2 aromatic rings. The number of nitrogens with zero attached hydrogens (tertiary/aromatic N) is 3. The fourth-order valence-electron chi connectivity index (χ4n) is 2.26. The molecule has 1 aromatic carbocycles. The normalized spacial score (nSPS) is 11.1. The Morgan fingerprint density at radius 2 is 2.04 bits per heavy atom. The van der Waals surface area contributed by atoms with Gasteiger partial charge in [0.15, 0.2) is 0 Å². The van der Waals surface area contributed by atoms with Crippen LogP contribution in [0.5, 0.6) is 0 Å². The van der Waals surface area contributed by atoms with Gasteiger partial charge in [-0.2, -0.15) is 5.10 Å². The minimum Gasteiger partial charge on any atom is -0.312 e. The lowest BCUT2D eigenvalue weighted by Crippen LogP contribution is -2.23. The van der Waals surface area contributed by atoms with E-state index in [2.05, 4.69) is 12.0 Å². The van der Waals surface area contributed by atoms with E-state index in [-0.39, 0.29) is 5.91 Å². The van der Waals surface area contributed by atoms with Gasteiger partial charge in [0, 0.05) is 30.9 Å². The highest BCUT2D eigenvalue weighted by Crippen LogP contribution is 2.22. The second-order valence-electron chi connectivity index (χ2n) is 5.43. The second kappa shape index (κ2) is 7.97. The third-order valence-electron chi connectivity index (χ3n) is 3.70. The number of hydrogen-bond acceptors (Lipinski definition) is 2. The maximum absolute atomic E-state index is 12.3. The Morgan fingerprint density at radius 3 is 2.70 bits per heavy atom. The number of likely N-dealkylation sites (N-methyl/N-ethyl adjacent to an activating group) is 1. The van der Waals surface area contributed by atoms with Crippen LogP contribution in [0, 0.1) is 6.92 Å². The highest BCUT2D eigenvalue weighted by molar-refractivity contribution is 6.31. The van der Waals surface area contributed by atoms with Gasteiger partial charge in [-0.15, -0.1) is 0 Å². The van der Waals surface area contributed by atoms with Gasteiger partial charge >= 0.3 is 0 Å². The van der Waals surface area contributed by atoms with Crippen molar-refractivity contribution in [3.8, 4) is 0 Å². The molecule has 0 aliphatic carbocycles. The summed E-state index contributed by atoms with van der Waals surface area (Å²) in [5.41, 5.74) is 2.48. The quantitative estimate of drug-likeness (QED) is 0.739. The van der Waals surface area contributed by atoms with Crippen LogP contribution in [0.2, 0.25) is 5.15 Å². The van der Waals surface area contributed by atoms with Crippen LogP contribution >= 0.6 is 11.6 Å². The Bertz CT molecular complexity index is 692. The molecule has 0 saturated carbocycles. The van der Waals surface area contributed by atoms with Crippen molar-refractivity contribution < 1.29 is 4.79 Å². The van der Waals surface area contributed by atoms with Crippen molar-refractivity contribution in [2.75, 3.05) is 11.9 Å². The zero-order valence-electron chi connectivity index (χ0n) is 13.8. The molecule has 0 bridgehead atoms. The molecule has 0 aliphatic rings. The lowest BCUT2D eigenvalue weighted by molar-refractivity contribution is -0.113. The SMILES string of the molecule is CCCCn1nc(C)c(/C=C/C(=O)N(C)c2ccccc2)c1Cl. The van der Waals surface area contributed by atoms with Gasteiger partial charge in [0.25, 0.3) is 5.91 Å². The predicted molar refractivity (Wildman–Crippen MR) is 95.8 cm³/mol. The molecule has 0 N–H and O–H groups in total. The molecule has 0 saturated heterocycles. The molecule has 0 fully saturated rings. The summed E-state index contributed by atoms with van der Waals surface area (Å²) in [6.45, 7) is 4.82. The van der Waals surface area contributed by atoms with E-state index >= 15 is 0 Å². The monoisotopic (exact) mass is 331 g/mol. The van der Waals surface area contributed by atoms with Gasteiger partial charge in [-0.1, -0.05) is 43.1 Å². The van der Waals surface area contributed by atoms with Gasteiger partial charge in [0.2, 0.25) is 0 Å². The first-order valence-electron chi connectivity index (χ1n) is 7.78. The van der Waals surface area contributed by atoms with Crippen LogP contribution in [-0.4, -0.2) is 22.7 Å². The molecule has 1 aromatic heterocycles. The summed E-state index contributed by atoms with van der Waals surface area (Å²) in [6.07, 6.45) is 5.39. The van der Waals surface area contributed by atoms with Crippen molar-refractivity contribution in [1.82, 2.24) is 9.78 Å². The number of halogens is 1. The number of rotatable bonds is 6. The van der Waals surface area contributed by atoms with Crippen LogP contribution in [-0.2, 0) is 11.3 Å². The van der Waals surface area contributed by atoms with Crippen LogP contribution in [0.3, 0.4) is 0 Å². The van der Waals surface area contributed by atoms with Crippen molar-refractivity contribution >= 4 is 29.3 Å². The minimum absolute atomic E-state index is 0.104. The van der Waals surface area contributed by atoms with E-state index in [1.165, 1.54) is 6.08 Å². The van der Waals surface area contributed by atoms with Gasteiger partial charge in [-0.05, 0) is 31.6 Å². The Labute approximate surface area is 142 Å². The number of amides is 1. The average Bonchev–Trinajstić information content (AvgIpc) is 2.84. The highest BCUT2D eigenvalue weighted by atomic mass is 35.5. The predicted octanol–water partition coefficient (Wildman–Crippen LogP) is 4.32. The third-order valence-corrected chi connectivity index (χ3v) is 4.10. The smallest absolute Gasteiger partial charge is 0.250 e. The molecule has 2 rings (SSSR count). The number of unbranched alkanes of at least 4 members (excludes halogenated alkanes) is 1. The number of hydrogen-bond donors (Lipinski definition) is 0. The van der Waals surface area contributed by atoms with E-state index in [4.69, 9.17) is 11.6 Å². The molecule has 5 heteroatoms. The van der Waals surface area contributed by atoms with E-state index in [1.807, 2.05) is 37.3 Å². The maximum Gasteiger partial charge on any atom is 0.250 e. The molecule has 0 atom stereocenters. The summed E-state index contributed by atoms with van der Waals surface area (Å²) in [5.74, 6) is -0.104. The van der Waals surface area contributed by atoms with E-state index in [0.717, 1.165) is 36.3 Å². The number of aryl methyl sites for hydroxylation is 2. The Balaban J connectivity index is 2.13. The molecule has 1 heterocycles. The third kappa shape index (κ3) is 4.23. The molecule has 0 aliphatic heterocycles. The van der Waals surface area contributed by atoms with Crippen molar-refractivity contribution in [2.24, 2.45) is 0 Å². The second-order valence-corrected chi connectivity index (χ2v) is 5.79. The maximum atomic E-state index is 12.3. The summed E-state index contributed by atoms with van der Waals surface area (Å²) in [7, 11) is 1.75. The van der Waals surface area contributed by atoms with Crippen molar-refractivity contribution in [1.29, 1.82) is 0 Å². The summed E-state index contributed by atoms with van der Waals surface area (Å²) < 4.78 is 1.80. The van der Waals surface area contributed by atoms with Crippen LogP contribution in [0.1, 0.15) is 31.0 Å². The number of aromatic nitrogens is 2. The summed E-state index contributed by atoms with van der Waals surface area (Å²) >= 11 is 6.37. The van der Waals surface area contributed by atoms with Gasteiger partial charge in [0.05, 0.1) is 5.69 Å². The highest BCUT2D eigenvalue weighted by Gasteiger charge is 2.12. The van der Waals surface area contributed by atoms with E-state index in [9.17, 15) is 4.79 Å². The van der Waals surface area contributed by atoms with Gasteiger partial charge < -0.3 is 4.90 Å². The largest absolute Gasteiger partial charge is 0.312 e. The van der Waals surface area contributed by atoms with E-state index < -0.39 is 0 Å². The fraction of sp³-hybridized carbons (Fsp3) is 0.333. The number of carbonyl (C=O) groups is 1. The van der Waals surface area contributed by atoms with E-state index in [1.54, 1.807) is 22.7 Å². The first-order valence-corrected chi connectivity index (χ1v) is 8.16. The van der Waals surface area contributed by atoms with Crippen LogP contribution < -0.4 is 4.90 Å². The van der Waals surface area contributed by atoms with Crippen molar-refractivity contribution in [2.45, 2.75) is 33.2 Å². The number of para-hydroxylation sites is 1. The van der Waals surface area contributed by atoms with Crippen LogP contribution in [0.25, 0.3) is 6.08 Å². The Kier molecular flexibility index (Phi) is 5.99. The van der Waals surface area contributed by atoms with Gasteiger partial charge in [-0.3, -0.25) is 9.48 Å². The fourth-order valence-corrected chi connectivity index (χ4v) is 2.58. The summed E-state index contributed by atoms with van der Waals surface area (Å²) in [4.78, 5) is 13.9. The zero-order chi connectivity index (χ0) is 16.8. The summed E-state index contributed by atoms with van der Waals surface area (Å²) in [6, 6.07) is 9.52. The molecule has 122 valence electrons. The lowest BCUT2D eigenvalue weighted by atomic mass is 10.2. The minimum atomic E-state index is -0.104. The molecule has 0 unspecified atom stereocenters. The first kappa shape index (κ1) is 17.3. The molecule has 23 heavy (non-hydrogen) atoms. The number of benzene rings is 1. The molecular weight excluding hydrogens is 310 g/mol. The molecular formula is C18H22ClN3O. The van der Waals surface area contributed by atoms with Crippen LogP contribution in [0.4, 0.5) is 5.69 Å². The Morgan fingerprint density at radius 1 is 1.35 bits per heavy atom. The lowest BCUT2D eigenvalue weighted by Gasteiger charge is -2.14. The molecule has 0 spiro atoms. The summed E-state index contributed by atoms with van der Waals surface area (Å²) in [5, 5.41) is 5.02. The molecule has 0 radical (unpaired) electrons. The van der Waals surface area contributed by atoms with Crippen molar-refractivity contribution in [3.63, 3.8) is 0 Å². The van der Waals surface area contributed by atoms with Crippen LogP contribution in [0.15, 0.2) is 36.4 Å².